The van der Waals surface area contributed by atoms with Gasteiger partial charge in [0.25, 0.3) is 0 Å². The molecule has 0 unspecified atom stereocenters. The first kappa shape index (κ1) is 14.2. The van der Waals surface area contributed by atoms with Gasteiger partial charge < -0.3 is 10.0 Å². The van der Waals surface area contributed by atoms with Crippen LogP contribution < -0.4 is 4.90 Å². The minimum Gasteiger partial charge on any atom is -0.394 e. The predicted octanol–water partition coefficient (Wildman–Crippen LogP) is 2.29. The van der Waals surface area contributed by atoms with Gasteiger partial charge in [-0.25, -0.2) is 9.97 Å². The molecule has 0 aliphatic heterocycles. The van der Waals surface area contributed by atoms with Crippen molar-refractivity contribution in [1.82, 2.24) is 9.97 Å². The number of aliphatic hydroxyl groups is 1. The zero-order chi connectivity index (χ0) is 13.1. The Morgan fingerprint density at radius 3 is 2.59 bits per heavy atom. The molecular weight excluding hydrogens is 238 g/mol. The summed E-state index contributed by atoms with van der Waals surface area (Å²) < 4.78 is 0. The Bertz CT molecular complexity index is 382. The third kappa shape index (κ3) is 3.07. The van der Waals surface area contributed by atoms with Gasteiger partial charge in [0.05, 0.1) is 12.1 Å². The van der Waals surface area contributed by atoms with Crippen molar-refractivity contribution in [2.45, 2.75) is 39.2 Å². The van der Waals surface area contributed by atoms with Crippen LogP contribution in [-0.4, -0.2) is 34.3 Å². The molecule has 0 atom stereocenters. The van der Waals surface area contributed by atoms with Crippen LogP contribution >= 0.6 is 11.6 Å². The molecule has 1 aromatic heterocycles. The van der Waals surface area contributed by atoms with E-state index in [1.807, 2.05) is 25.8 Å². The van der Waals surface area contributed by atoms with Crippen LogP contribution in [0, 0.1) is 0 Å². The van der Waals surface area contributed by atoms with E-state index >= 15 is 0 Å². The van der Waals surface area contributed by atoms with E-state index in [1.165, 1.54) is 6.33 Å². The second-order valence-corrected chi connectivity index (χ2v) is 5.10. The van der Waals surface area contributed by atoms with Crippen LogP contribution in [0.1, 0.15) is 32.8 Å². The Morgan fingerprint density at radius 1 is 1.41 bits per heavy atom. The smallest absolute Gasteiger partial charge is 0.137 e. The van der Waals surface area contributed by atoms with Crippen LogP contribution in [0.25, 0.3) is 0 Å². The second kappa shape index (κ2) is 5.65. The van der Waals surface area contributed by atoms with Gasteiger partial charge in [0.1, 0.15) is 17.3 Å². The summed E-state index contributed by atoms with van der Waals surface area (Å²) in [5.41, 5.74) is 0.570. The fourth-order valence-corrected chi connectivity index (χ4v) is 1.75. The highest BCUT2D eigenvalue weighted by Crippen LogP contribution is 2.28. The summed E-state index contributed by atoms with van der Waals surface area (Å²) in [6, 6.07) is 0. The Labute approximate surface area is 108 Å². The fourth-order valence-electron chi connectivity index (χ4n) is 1.53. The molecule has 1 rings (SSSR count). The van der Waals surface area contributed by atoms with Gasteiger partial charge in [-0.3, -0.25) is 0 Å². The number of hydrogen-bond donors (Lipinski definition) is 1. The summed E-state index contributed by atoms with van der Waals surface area (Å²) in [6.07, 6.45) is 3.27. The molecule has 0 aromatic carbocycles. The molecule has 4 nitrogen and oxygen atoms in total. The molecule has 1 heterocycles. The van der Waals surface area contributed by atoms with E-state index in [4.69, 9.17) is 11.6 Å². The van der Waals surface area contributed by atoms with Gasteiger partial charge in [0.2, 0.25) is 0 Å². The van der Waals surface area contributed by atoms with E-state index in [-0.39, 0.29) is 12.1 Å². The number of aliphatic hydroxyl groups excluding tert-OH is 1. The zero-order valence-electron chi connectivity index (χ0n) is 10.9. The maximum absolute atomic E-state index is 9.40. The van der Waals surface area contributed by atoms with Gasteiger partial charge in [-0.05, 0) is 20.3 Å². The summed E-state index contributed by atoms with van der Waals surface area (Å²) in [7, 11) is 1.91. The standard InChI is InChI=1S/C12H20ClN3O/c1-5-6-9-10(13)14-8-15-11(9)16(4)12(2,3)7-17/h8,17H,5-7H2,1-4H3. The summed E-state index contributed by atoms with van der Waals surface area (Å²) in [5, 5.41) is 9.90. The lowest BCUT2D eigenvalue weighted by atomic mass is 10.0. The topological polar surface area (TPSA) is 49.2 Å². The largest absolute Gasteiger partial charge is 0.394 e. The molecule has 0 saturated carbocycles. The number of halogens is 1. The van der Waals surface area contributed by atoms with E-state index in [1.54, 1.807) is 0 Å². The average Bonchev–Trinajstić information content (AvgIpc) is 2.31. The molecular formula is C12H20ClN3O. The summed E-state index contributed by atoms with van der Waals surface area (Å²) in [6.45, 7) is 6.05. The van der Waals surface area contributed by atoms with Crippen molar-refractivity contribution in [3.05, 3.63) is 17.0 Å². The van der Waals surface area contributed by atoms with Gasteiger partial charge in [-0.2, -0.15) is 0 Å². The van der Waals surface area contributed by atoms with Crippen LogP contribution in [0.2, 0.25) is 5.15 Å². The number of likely N-dealkylation sites (N-methyl/N-ethyl adjacent to an activating group) is 1. The third-order valence-corrected chi connectivity index (χ3v) is 3.31. The Kier molecular flexibility index (Phi) is 4.71. The number of hydrogen-bond acceptors (Lipinski definition) is 4. The number of anilines is 1. The van der Waals surface area contributed by atoms with E-state index in [0.717, 1.165) is 24.2 Å². The molecule has 17 heavy (non-hydrogen) atoms. The minimum absolute atomic E-state index is 0.0523. The first-order valence-electron chi connectivity index (χ1n) is 5.78. The lowest BCUT2D eigenvalue weighted by molar-refractivity contribution is 0.215. The van der Waals surface area contributed by atoms with Crippen molar-refractivity contribution in [1.29, 1.82) is 0 Å². The SMILES string of the molecule is CCCc1c(Cl)ncnc1N(C)C(C)(C)CO. The highest BCUT2D eigenvalue weighted by molar-refractivity contribution is 6.30. The van der Waals surface area contributed by atoms with E-state index < -0.39 is 0 Å². The van der Waals surface area contributed by atoms with Crippen LogP contribution in [0.15, 0.2) is 6.33 Å². The summed E-state index contributed by atoms with van der Waals surface area (Å²) in [4.78, 5) is 10.3. The van der Waals surface area contributed by atoms with Gasteiger partial charge in [-0.15, -0.1) is 0 Å². The highest BCUT2D eigenvalue weighted by atomic mass is 35.5. The molecule has 0 fully saturated rings. The van der Waals surface area contributed by atoms with Crippen molar-refractivity contribution in [3.8, 4) is 0 Å². The van der Waals surface area contributed by atoms with Crippen LogP contribution in [0.5, 0.6) is 0 Å². The van der Waals surface area contributed by atoms with Crippen LogP contribution in [0.3, 0.4) is 0 Å². The Morgan fingerprint density at radius 2 is 2.06 bits per heavy atom. The van der Waals surface area contributed by atoms with Crippen LogP contribution in [0.4, 0.5) is 5.82 Å². The molecule has 0 aliphatic rings. The number of nitrogens with zero attached hydrogens (tertiary/aromatic N) is 3. The molecule has 0 amide bonds. The van der Waals surface area contributed by atoms with Crippen LogP contribution in [-0.2, 0) is 6.42 Å². The third-order valence-electron chi connectivity index (χ3n) is 2.98. The highest BCUT2D eigenvalue weighted by Gasteiger charge is 2.26. The first-order valence-corrected chi connectivity index (χ1v) is 6.16. The molecule has 96 valence electrons. The fraction of sp³-hybridized carbons (Fsp3) is 0.667. The molecule has 0 bridgehead atoms. The van der Waals surface area contributed by atoms with Gasteiger partial charge >= 0.3 is 0 Å². The molecule has 0 radical (unpaired) electrons. The van der Waals surface area contributed by atoms with E-state index in [2.05, 4.69) is 16.9 Å². The second-order valence-electron chi connectivity index (χ2n) is 4.75. The number of aromatic nitrogens is 2. The van der Waals surface area contributed by atoms with Crippen molar-refractivity contribution in [2.75, 3.05) is 18.6 Å². The quantitative estimate of drug-likeness (QED) is 0.823. The maximum Gasteiger partial charge on any atom is 0.137 e. The van der Waals surface area contributed by atoms with Gasteiger partial charge in [0, 0.05) is 12.6 Å². The summed E-state index contributed by atoms with van der Waals surface area (Å²) >= 11 is 6.11. The van der Waals surface area contributed by atoms with E-state index in [0.29, 0.717) is 5.15 Å². The zero-order valence-corrected chi connectivity index (χ0v) is 11.6. The van der Waals surface area contributed by atoms with Crippen molar-refractivity contribution in [3.63, 3.8) is 0 Å². The molecule has 0 saturated heterocycles. The minimum atomic E-state index is -0.375. The molecule has 1 N–H and O–H groups in total. The van der Waals surface area contributed by atoms with Crippen molar-refractivity contribution < 1.29 is 5.11 Å². The predicted molar refractivity (Wildman–Crippen MR) is 70.6 cm³/mol. The Hall–Kier alpha value is -0.870. The number of rotatable bonds is 5. The average molecular weight is 258 g/mol. The lowest BCUT2D eigenvalue weighted by Gasteiger charge is -2.36. The molecule has 0 aliphatic carbocycles. The first-order chi connectivity index (χ1) is 7.94. The van der Waals surface area contributed by atoms with Gasteiger partial charge in [-0.1, -0.05) is 24.9 Å². The van der Waals surface area contributed by atoms with E-state index in [9.17, 15) is 5.11 Å². The normalized spacial score (nSPS) is 11.6. The maximum atomic E-state index is 9.40. The monoisotopic (exact) mass is 257 g/mol. The molecule has 1 aromatic rings. The van der Waals surface area contributed by atoms with Crippen molar-refractivity contribution in [2.24, 2.45) is 0 Å². The Balaban J connectivity index is 3.17. The molecule has 5 heteroatoms. The van der Waals surface area contributed by atoms with Crippen molar-refractivity contribution >= 4 is 17.4 Å². The van der Waals surface area contributed by atoms with Gasteiger partial charge in [0.15, 0.2) is 0 Å². The molecule has 0 spiro atoms. The lowest BCUT2D eigenvalue weighted by Crippen LogP contribution is -2.45. The summed E-state index contributed by atoms with van der Waals surface area (Å²) in [5.74, 6) is 0.797.